The van der Waals surface area contributed by atoms with Gasteiger partial charge in [0.05, 0.1) is 16.4 Å². The molecule has 0 bridgehead atoms. The Bertz CT molecular complexity index is 1220. The Morgan fingerprint density at radius 2 is 1.70 bits per heavy atom. The number of hydrogen-bond acceptors (Lipinski definition) is 6. The van der Waals surface area contributed by atoms with Gasteiger partial charge in [0, 0.05) is 26.9 Å². The number of anilines is 1. The molecule has 1 fully saturated rings. The van der Waals surface area contributed by atoms with Crippen LogP contribution in [0.5, 0.6) is 5.75 Å². The maximum atomic E-state index is 14.4. The standard InChI is InChI=1S/C25H32F4N4O2SSi/c1-36-23-20(28)18(26)22(19(27)21(23)29)35-16-7-5-15(6-8-16)32-24-17-9-10-33(25(17)31-13-30-24)14-34-11-12-37(2,3)4/h9-10,13,15-16H,5-8,11-12,14H2,1-4H3,(H,30,31,32). The third kappa shape index (κ3) is 6.40. The molecule has 0 saturated heterocycles. The fourth-order valence-electron chi connectivity index (χ4n) is 4.32. The van der Waals surface area contributed by atoms with E-state index in [4.69, 9.17) is 9.47 Å². The highest BCUT2D eigenvalue weighted by Crippen LogP contribution is 2.36. The summed E-state index contributed by atoms with van der Waals surface area (Å²) in [5.41, 5.74) is 0.770. The highest BCUT2D eigenvalue weighted by Gasteiger charge is 2.30. The molecule has 202 valence electrons. The third-order valence-electron chi connectivity index (χ3n) is 6.47. The topological polar surface area (TPSA) is 61.2 Å². The van der Waals surface area contributed by atoms with Gasteiger partial charge in [-0.1, -0.05) is 19.6 Å². The highest BCUT2D eigenvalue weighted by atomic mass is 32.2. The molecule has 12 heteroatoms. The van der Waals surface area contributed by atoms with Crippen molar-refractivity contribution in [1.29, 1.82) is 0 Å². The average Bonchev–Trinajstić information content (AvgIpc) is 3.28. The van der Waals surface area contributed by atoms with Crippen LogP contribution in [0.4, 0.5) is 23.4 Å². The zero-order chi connectivity index (χ0) is 26.7. The van der Waals surface area contributed by atoms with Crippen LogP contribution >= 0.6 is 11.8 Å². The van der Waals surface area contributed by atoms with Crippen LogP contribution in [-0.2, 0) is 11.5 Å². The van der Waals surface area contributed by atoms with Crippen molar-refractivity contribution in [2.45, 2.75) is 75.1 Å². The van der Waals surface area contributed by atoms with Crippen LogP contribution in [0.2, 0.25) is 25.7 Å². The van der Waals surface area contributed by atoms with Crippen molar-refractivity contribution >= 4 is 36.7 Å². The van der Waals surface area contributed by atoms with E-state index in [9.17, 15) is 17.6 Å². The molecule has 1 aliphatic rings. The largest absolute Gasteiger partial charge is 0.484 e. The summed E-state index contributed by atoms with van der Waals surface area (Å²) in [4.78, 5) is 8.12. The number of benzene rings is 1. The van der Waals surface area contributed by atoms with E-state index >= 15 is 0 Å². The summed E-state index contributed by atoms with van der Waals surface area (Å²) >= 11 is 0.603. The minimum atomic E-state index is -1.50. The van der Waals surface area contributed by atoms with Crippen molar-refractivity contribution in [3.8, 4) is 5.75 Å². The van der Waals surface area contributed by atoms with Gasteiger partial charge in [-0.25, -0.2) is 18.7 Å². The summed E-state index contributed by atoms with van der Waals surface area (Å²) in [6.07, 6.45) is 6.41. The average molecular weight is 557 g/mol. The Kier molecular flexibility index (Phi) is 8.69. The van der Waals surface area contributed by atoms with Gasteiger partial charge in [0.15, 0.2) is 17.4 Å². The fourth-order valence-corrected chi connectivity index (χ4v) is 5.62. The number of nitrogens with one attached hydrogen (secondary N) is 1. The summed E-state index contributed by atoms with van der Waals surface area (Å²) in [7, 11) is -1.16. The van der Waals surface area contributed by atoms with Crippen molar-refractivity contribution in [2.75, 3.05) is 18.2 Å². The van der Waals surface area contributed by atoms with Gasteiger partial charge in [0.1, 0.15) is 24.5 Å². The molecular formula is C25H32F4N4O2SSi. The van der Waals surface area contributed by atoms with E-state index < -0.39 is 48.1 Å². The monoisotopic (exact) mass is 556 g/mol. The summed E-state index contributed by atoms with van der Waals surface area (Å²) in [5.74, 6) is -6.16. The summed E-state index contributed by atoms with van der Waals surface area (Å²) < 4.78 is 70.1. The Balaban J connectivity index is 1.36. The SMILES string of the molecule is CSc1c(F)c(F)c(OC2CCC(Nc3ncnc4c3ccn4COCC[Si](C)(C)C)CC2)c(F)c1F. The molecule has 0 aliphatic heterocycles. The molecular weight excluding hydrogens is 524 g/mol. The molecule has 3 aromatic rings. The lowest BCUT2D eigenvalue weighted by Crippen LogP contribution is -2.32. The molecule has 1 N–H and O–H groups in total. The van der Waals surface area contributed by atoms with Gasteiger partial charge in [0.2, 0.25) is 11.6 Å². The number of thioether (sulfide) groups is 1. The number of hydrogen-bond donors (Lipinski definition) is 1. The maximum absolute atomic E-state index is 14.4. The normalized spacial score (nSPS) is 18.4. The van der Waals surface area contributed by atoms with E-state index in [0.717, 1.165) is 17.1 Å². The first-order valence-corrected chi connectivity index (χ1v) is 17.2. The van der Waals surface area contributed by atoms with Crippen LogP contribution in [0, 0.1) is 23.3 Å². The van der Waals surface area contributed by atoms with Gasteiger partial charge in [0.25, 0.3) is 0 Å². The lowest BCUT2D eigenvalue weighted by atomic mass is 9.93. The molecule has 0 amide bonds. The molecule has 6 nitrogen and oxygen atoms in total. The van der Waals surface area contributed by atoms with E-state index in [0.29, 0.717) is 56.6 Å². The van der Waals surface area contributed by atoms with Crippen LogP contribution in [0.15, 0.2) is 23.5 Å². The fraction of sp³-hybridized carbons (Fsp3) is 0.520. The van der Waals surface area contributed by atoms with Crippen molar-refractivity contribution in [1.82, 2.24) is 14.5 Å². The van der Waals surface area contributed by atoms with Gasteiger partial charge in [-0.15, -0.1) is 11.8 Å². The lowest BCUT2D eigenvalue weighted by Gasteiger charge is -2.30. The summed E-state index contributed by atoms with van der Waals surface area (Å²) in [6.45, 7) is 8.06. The van der Waals surface area contributed by atoms with Gasteiger partial charge in [-0.05, 0) is 44.0 Å². The van der Waals surface area contributed by atoms with Gasteiger partial charge in [-0.2, -0.15) is 8.78 Å². The number of aromatic nitrogens is 3. The van der Waals surface area contributed by atoms with E-state index in [1.807, 2.05) is 16.8 Å². The third-order valence-corrected chi connectivity index (χ3v) is 8.94. The molecule has 1 aromatic carbocycles. The van der Waals surface area contributed by atoms with E-state index in [2.05, 4.69) is 34.9 Å². The van der Waals surface area contributed by atoms with Crippen LogP contribution in [0.25, 0.3) is 11.0 Å². The molecule has 0 radical (unpaired) electrons. The molecule has 0 atom stereocenters. The minimum Gasteiger partial charge on any atom is -0.484 e. The van der Waals surface area contributed by atoms with Gasteiger partial charge >= 0.3 is 0 Å². The molecule has 1 aliphatic carbocycles. The van der Waals surface area contributed by atoms with Gasteiger partial charge < -0.3 is 19.4 Å². The number of ether oxygens (including phenoxy) is 2. The second-order valence-corrected chi connectivity index (χ2v) is 16.9. The van der Waals surface area contributed by atoms with Crippen molar-refractivity contribution in [3.63, 3.8) is 0 Å². The van der Waals surface area contributed by atoms with Crippen LogP contribution < -0.4 is 10.1 Å². The van der Waals surface area contributed by atoms with Crippen LogP contribution in [-0.4, -0.2) is 47.6 Å². The zero-order valence-corrected chi connectivity index (χ0v) is 23.2. The number of halogens is 4. The Morgan fingerprint density at radius 1 is 1.03 bits per heavy atom. The lowest BCUT2D eigenvalue weighted by molar-refractivity contribution is 0.0899. The molecule has 1 saturated carbocycles. The number of rotatable bonds is 10. The second-order valence-electron chi connectivity index (χ2n) is 10.4. The molecule has 4 rings (SSSR count). The quantitative estimate of drug-likeness (QED) is 0.0972. The molecule has 37 heavy (non-hydrogen) atoms. The Labute approximate surface area is 219 Å². The van der Waals surface area contributed by atoms with Crippen molar-refractivity contribution in [3.05, 3.63) is 41.9 Å². The molecule has 0 unspecified atom stereocenters. The summed E-state index contributed by atoms with van der Waals surface area (Å²) in [6, 6.07) is 3.09. The Hall–Kier alpha value is -2.31. The zero-order valence-electron chi connectivity index (χ0n) is 21.4. The number of nitrogens with zero attached hydrogens (tertiary/aromatic N) is 3. The maximum Gasteiger partial charge on any atom is 0.205 e. The number of fused-ring (bicyclic) bond motifs is 1. The van der Waals surface area contributed by atoms with E-state index in [1.165, 1.54) is 12.6 Å². The van der Waals surface area contributed by atoms with Crippen molar-refractivity contribution < 1.29 is 27.0 Å². The first kappa shape index (κ1) is 27.7. The first-order valence-electron chi connectivity index (χ1n) is 12.3. The smallest absolute Gasteiger partial charge is 0.205 e. The molecule has 2 heterocycles. The predicted octanol–water partition coefficient (Wildman–Crippen LogP) is 6.82. The van der Waals surface area contributed by atoms with Crippen LogP contribution in [0.1, 0.15) is 25.7 Å². The molecule has 2 aromatic heterocycles. The van der Waals surface area contributed by atoms with Crippen molar-refractivity contribution in [2.24, 2.45) is 0 Å². The first-order chi connectivity index (χ1) is 17.6. The minimum absolute atomic E-state index is 0.0522. The molecule has 0 spiro atoms. The van der Waals surface area contributed by atoms with Crippen LogP contribution in [0.3, 0.4) is 0 Å². The summed E-state index contributed by atoms with van der Waals surface area (Å²) in [5, 5.41) is 4.31. The van der Waals surface area contributed by atoms with Gasteiger partial charge in [-0.3, -0.25) is 0 Å². The predicted molar refractivity (Wildman–Crippen MR) is 140 cm³/mol. The highest BCUT2D eigenvalue weighted by molar-refractivity contribution is 7.98. The van der Waals surface area contributed by atoms with E-state index in [-0.39, 0.29) is 6.04 Å². The second kappa shape index (κ2) is 11.6. The Morgan fingerprint density at radius 3 is 2.32 bits per heavy atom. The van der Waals surface area contributed by atoms with E-state index in [1.54, 1.807) is 0 Å².